The van der Waals surface area contributed by atoms with Gasteiger partial charge in [-0.2, -0.15) is 0 Å². The zero-order valence-corrected chi connectivity index (χ0v) is 17.8. The van der Waals surface area contributed by atoms with Crippen molar-refractivity contribution in [2.24, 2.45) is 0 Å². The van der Waals surface area contributed by atoms with Gasteiger partial charge in [-0.15, -0.1) is 11.3 Å². The number of amides is 1. The summed E-state index contributed by atoms with van der Waals surface area (Å²) in [5, 5.41) is 4.23. The Morgan fingerprint density at radius 2 is 1.97 bits per heavy atom. The normalized spacial score (nSPS) is 18.0. The van der Waals surface area contributed by atoms with E-state index in [0.717, 1.165) is 66.9 Å². The molecule has 2 aliphatic rings. The Kier molecular flexibility index (Phi) is 7.14. The molecule has 0 spiro atoms. The van der Waals surface area contributed by atoms with Gasteiger partial charge in [0.25, 0.3) is 5.91 Å². The van der Waals surface area contributed by atoms with Crippen LogP contribution in [-0.2, 0) is 4.74 Å². The number of thiophene rings is 1. The lowest BCUT2D eigenvalue weighted by Crippen LogP contribution is -2.36. The van der Waals surface area contributed by atoms with Crippen molar-refractivity contribution < 1.29 is 9.53 Å². The number of nitrogens with zero attached hydrogens (tertiary/aromatic N) is 3. The first-order valence-corrected chi connectivity index (χ1v) is 11.5. The molecule has 2 aromatic rings. The van der Waals surface area contributed by atoms with E-state index in [1.807, 2.05) is 24.3 Å². The zero-order valence-electron chi connectivity index (χ0n) is 16.9. The van der Waals surface area contributed by atoms with Gasteiger partial charge in [-0.05, 0) is 57.1 Å². The summed E-state index contributed by atoms with van der Waals surface area (Å²) in [5.41, 5.74) is 1.95. The predicted molar refractivity (Wildman–Crippen MR) is 118 cm³/mol. The molecule has 1 amide bonds. The highest BCUT2D eigenvalue weighted by Gasteiger charge is 2.22. The Morgan fingerprint density at radius 3 is 2.72 bits per heavy atom. The average molecular weight is 415 g/mol. The van der Waals surface area contributed by atoms with E-state index in [9.17, 15) is 4.79 Å². The van der Waals surface area contributed by atoms with Crippen LogP contribution in [0.1, 0.15) is 35.4 Å². The third-order valence-corrected chi connectivity index (χ3v) is 6.76. The van der Waals surface area contributed by atoms with E-state index in [4.69, 9.17) is 4.74 Å². The monoisotopic (exact) mass is 414 g/mol. The maximum Gasteiger partial charge on any atom is 0.261 e. The summed E-state index contributed by atoms with van der Waals surface area (Å²) in [5.74, 6) is 0.0188. The molecule has 0 unspecified atom stereocenters. The second-order valence-corrected chi connectivity index (χ2v) is 8.69. The van der Waals surface area contributed by atoms with Gasteiger partial charge < -0.3 is 19.9 Å². The summed E-state index contributed by atoms with van der Waals surface area (Å²) in [4.78, 5) is 22.9. The minimum atomic E-state index is 0.0188. The van der Waals surface area contributed by atoms with E-state index >= 15 is 0 Å². The van der Waals surface area contributed by atoms with Crippen molar-refractivity contribution in [3.63, 3.8) is 0 Å². The van der Waals surface area contributed by atoms with Crippen LogP contribution in [0.5, 0.6) is 0 Å². The highest BCUT2D eigenvalue weighted by Crippen LogP contribution is 2.38. The van der Waals surface area contributed by atoms with E-state index < -0.39 is 0 Å². The molecule has 0 bridgehead atoms. The summed E-state index contributed by atoms with van der Waals surface area (Å²) in [6.45, 7) is 7.33. The van der Waals surface area contributed by atoms with Crippen molar-refractivity contribution in [1.29, 1.82) is 0 Å². The van der Waals surface area contributed by atoms with Gasteiger partial charge in [0, 0.05) is 31.4 Å². The van der Waals surface area contributed by atoms with Gasteiger partial charge in [-0.3, -0.25) is 9.78 Å². The van der Waals surface area contributed by atoms with Gasteiger partial charge in [0.2, 0.25) is 0 Å². The quantitative estimate of drug-likeness (QED) is 0.705. The molecule has 1 N–H and O–H groups in total. The lowest BCUT2D eigenvalue weighted by Gasteiger charge is -2.28. The maximum absolute atomic E-state index is 12.8. The van der Waals surface area contributed by atoms with E-state index in [0.29, 0.717) is 0 Å². The van der Waals surface area contributed by atoms with Gasteiger partial charge in [-0.25, -0.2) is 0 Å². The van der Waals surface area contributed by atoms with Gasteiger partial charge in [-0.1, -0.05) is 12.5 Å². The summed E-state index contributed by atoms with van der Waals surface area (Å²) < 4.78 is 5.50. The number of rotatable bonds is 7. The van der Waals surface area contributed by atoms with Crippen LogP contribution >= 0.6 is 11.3 Å². The van der Waals surface area contributed by atoms with E-state index in [1.165, 1.54) is 32.4 Å². The standard InChI is InChI=1S/C22H30N4O2S/c27-21(24-9-6-12-25-10-4-1-5-11-25)20-17-18(19-7-2-3-8-23-19)22(29-20)26-13-15-28-16-14-26/h2-3,7-8,17H,1,4-6,9-16H2,(H,24,27). The molecule has 2 fully saturated rings. The molecule has 0 aromatic carbocycles. The molecule has 0 saturated carbocycles. The van der Waals surface area contributed by atoms with Crippen molar-refractivity contribution >= 4 is 22.2 Å². The number of anilines is 1. The van der Waals surface area contributed by atoms with Crippen molar-refractivity contribution in [3.05, 3.63) is 35.3 Å². The van der Waals surface area contributed by atoms with Crippen LogP contribution in [0, 0.1) is 0 Å². The molecule has 4 heterocycles. The Hall–Kier alpha value is -1.96. The SMILES string of the molecule is O=C(NCCCN1CCCCC1)c1cc(-c2ccccn2)c(N2CCOCC2)s1. The molecule has 7 heteroatoms. The van der Waals surface area contributed by atoms with Gasteiger partial charge in [0.15, 0.2) is 0 Å². The minimum Gasteiger partial charge on any atom is -0.378 e. The van der Waals surface area contributed by atoms with E-state index in [-0.39, 0.29) is 5.91 Å². The second-order valence-electron chi connectivity index (χ2n) is 7.66. The number of carbonyl (C=O) groups excluding carboxylic acids is 1. The molecule has 6 nitrogen and oxygen atoms in total. The first kappa shape index (κ1) is 20.3. The number of ether oxygens (including phenoxy) is 1. The first-order valence-electron chi connectivity index (χ1n) is 10.7. The topological polar surface area (TPSA) is 57.7 Å². The smallest absolute Gasteiger partial charge is 0.261 e. The van der Waals surface area contributed by atoms with Crippen molar-refractivity contribution in [1.82, 2.24) is 15.2 Å². The van der Waals surface area contributed by atoms with Crippen molar-refractivity contribution in [3.8, 4) is 11.3 Å². The molecule has 156 valence electrons. The number of piperidine rings is 1. The molecule has 2 saturated heterocycles. The van der Waals surface area contributed by atoms with Crippen molar-refractivity contribution in [2.75, 3.05) is 57.4 Å². The van der Waals surface area contributed by atoms with E-state index in [2.05, 4.69) is 20.1 Å². The van der Waals surface area contributed by atoms with Gasteiger partial charge >= 0.3 is 0 Å². The molecule has 2 aliphatic heterocycles. The Bertz CT molecular complexity index is 783. The largest absolute Gasteiger partial charge is 0.378 e. The molecule has 0 aliphatic carbocycles. The van der Waals surface area contributed by atoms with Crippen LogP contribution in [0.25, 0.3) is 11.3 Å². The van der Waals surface area contributed by atoms with Gasteiger partial charge in [0.05, 0.1) is 23.8 Å². The summed E-state index contributed by atoms with van der Waals surface area (Å²) in [6, 6.07) is 7.91. The number of nitrogens with one attached hydrogen (secondary N) is 1. The third kappa shape index (κ3) is 5.35. The predicted octanol–water partition coefficient (Wildman–Crippen LogP) is 3.25. The molecule has 2 aromatic heterocycles. The Labute approximate surface area is 176 Å². The molecule has 4 rings (SSSR count). The summed E-state index contributed by atoms with van der Waals surface area (Å²) in [6.07, 6.45) is 6.77. The summed E-state index contributed by atoms with van der Waals surface area (Å²) >= 11 is 1.56. The Morgan fingerprint density at radius 1 is 1.14 bits per heavy atom. The third-order valence-electron chi connectivity index (χ3n) is 5.56. The number of morpholine rings is 1. The molecular weight excluding hydrogens is 384 g/mol. The van der Waals surface area contributed by atoms with Crippen molar-refractivity contribution in [2.45, 2.75) is 25.7 Å². The van der Waals surface area contributed by atoms with Crippen LogP contribution in [0.15, 0.2) is 30.5 Å². The molecule has 29 heavy (non-hydrogen) atoms. The fourth-order valence-corrected chi connectivity index (χ4v) is 5.11. The maximum atomic E-state index is 12.8. The minimum absolute atomic E-state index is 0.0188. The Balaban J connectivity index is 1.41. The first-order chi connectivity index (χ1) is 14.3. The number of pyridine rings is 1. The van der Waals surface area contributed by atoms with Crippen LogP contribution in [0.3, 0.4) is 0 Å². The van der Waals surface area contributed by atoms with E-state index in [1.54, 1.807) is 17.5 Å². The fourth-order valence-electron chi connectivity index (χ4n) is 3.97. The van der Waals surface area contributed by atoms with Crippen LogP contribution in [-0.4, -0.2) is 68.3 Å². The lowest BCUT2D eigenvalue weighted by atomic mass is 10.1. The number of hydrogen-bond acceptors (Lipinski definition) is 6. The number of likely N-dealkylation sites (tertiary alicyclic amines) is 1. The average Bonchev–Trinajstić information content (AvgIpc) is 3.24. The highest BCUT2D eigenvalue weighted by atomic mass is 32.1. The summed E-state index contributed by atoms with van der Waals surface area (Å²) in [7, 11) is 0. The zero-order chi connectivity index (χ0) is 19.9. The second kappa shape index (κ2) is 10.2. The fraction of sp³-hybridized carbons (Fsp3) is 0.545. The molecular formula is C22H30N4O2S. The van der Waals surface area contributed by atoms with Gasteiger partial charge in [0.1, 0.15) is 5.00 Å². The molecule has 0 radical (unpaired) electrons. The van der Waals surface area contributed by atoms with Crippen LogP contribution in [0.2, 0.25) is 0 Å². The van der Waals surface area contributed by atoms with Crippen LogP contribution in [0.4, 0.5) is 5.00 Å². The molecule has 0 atom stereocenters. The number of aromatic nitrogens is 1. The van der Waals surface area contributed by atoms with Crippen LogP contribution < -0.4 is 10.2 Å². The lowest BCUT2D eigenvalue weighted by molar-refractivity contribution is 0.0955. The highest BCUT2D eigenvalue weighted by molar-refractivity contribution is 7.18. The number of carbonyl (C=O) groups is 1. The number of hydrogen-bond donors (Lipinski definition) is 1.